The van der Waals surface area contributed by atoms with Gasteiger partial charge in [0.1, 0.15) is 5.69 Å². The van der Waals surface area contributed by atoms with Gasteiger partial charge < -0.3 is 4.74 Å². The predicted molar refractivity (Wildman–Crippen MR) is 65.1 cm³/mol. The topological polar surface area (TPSA) is 48.3 Å². The summed E-state index contributed by atoms with van der Waals surface area (Å²) in [4.78, 5) is 22.9. The standard InChI is InChI=1S/C11H17NO3Si/c1-8(13)12-7-9(16(3,4)5)6-10(12)11(14)15-2/h6-7H,1-5H3. The molecule has 0 radical (unpaired) electrons. The molecule has 0 saturated carbocycles. The summed E-state index contributed by atoms with van der Waals surface area (Å²) in [5.74, 6) is -0.649. The summed E-state index contributed by atoms with van der Waals surface area (Å²) in [5, 5.41) is 1.07. The normalized spacial score (nSPS) is 11.3. The molecule has 0 aliphatic heterocycles. The van der Waals surface area contributed by atoms with E-state index in [9.17, 15) is 9.59 Å². The Labute approximate surface area is 96.2 Å². The smallest absolute Gasteiger partial charge is 0.355 e. The lowest BCUT2D eigenvalue weighted by atomic mass is 10.4. The van der Waals surface area contributed by atoms with Crippen LogP contribution in [0.4, 0.5) is 0 Å². The van der Waals surface area contributed by atoms with Crippen LogP contribution < -0.4 is 5.19 Å². The largest absolute Gasteiger partial charge is 0.464 e. The summed E-state index contributed by atoms with van der Waals surface area (Å²) < 4.78 is 6.02. The molecule has 0 spiro atoms. The highest BCUT2D eigenvalue weighted by Gasteiger charge is 2.23. The molecule has 4 nitrogen and oxygen atoms in total. The Morgan fingerprint density at radius 1 is 1.31 bits per heavy atom. The van der Waals surface area contributed by atoms with Crippen LogP contribution in [-0.4, -0.2) is 31.6 Å². The van der Waals surface area contributed by atoms with Gasteiger partial charge in [-0.05, 0) is 11.3 Å². The maximum absolute atomic E-state index is 11.5. The molecule has 16 heavy (non-hydrogen) atoms. The first-order chi connectivity index (χ1) is 7.27. The van der Waals surface area contributed by atoms with Crippen LogP contribution in [0, 0.1) is 0 Å². The fourth-order valence-electron chi connectivity index (χ4n) is 1.40. The molecule has 0 saturated heterocycles. The molecular weight excluding hydrogens is 222 g/mol. The number of hydrogen-bond acceptors (Lipinski definition) is 3. The number of aromatic nitrogens is 1. The van der Waals surface area contributed by atoms with E-state index in [4.69, 9.17) is 0 Å². The fourth-order valence-corrected chi connectivity index (χ4v) is 2.48. The van der Waals surface area contributed by atoms with E-state index in [1.807, 2.05) is 0 Å². The van der Waals surface area contributed by atoms with Crippen molar-refractivity contribution in [1.29, 1.82) is 0 Å². The lowest BCUT2D eigenvalue weighted by Crippen LogP contribution is -2.36. The zero-order valence-electron chi connectivity index (χ0n) is 10.3. The highest BCUT2D eigenvalue weighted by molar-refractivity contribution is 6.88. The van der Waals surface area contributed by atoms with E-state index < -0.39 is 14.0 Å². The summed E-state index contributed by atoms with van der Waals surface area (Å²) >= 11 is 0. The van der Waals surface area contributed by atoms with Crippen LogP contribution in [0.15, 0.2) is 12.3 Å². The van der Waals surface area contributed by atoms with Gasteiger partial charge in [-0.3, -0.25) is 9.36 Å². The number of hydrogen-bond donors (Lipinski definition) is 0. The van der Waals surface area contributed by atoms with Gasteiger partial charge in [0.2, 0.25) is 5.91 Å². The Balaban J connectivity index is 3.32. The minimum absolute atomic E-state index is 0.176. The maximum Gasteiger partial charge on any atom is 0.355 e. The quantitative estimate of drug-likeness (QED) is 0.580. The van der Waals surface area contributed by atoms with E-state index in [1.165, 1.54) is 18.6 Å². The van der Waals surface area contributed by atoms with Crippen molar-refractivity contribution in [2.75, 3.05) is 7.11 Å². The van der Waals surface area contributed by atoms with E-state index in [1.54, 1.807) is 12.3 Å². The van der Waals surface area contributed by atoms with Crippen LogP contribution in [0.1, 0.15) is 22.2 Å². The molecule has 0 aliphatic carbocycles. The predicted octanol–water partition coefficient (Wildman–Crippen LogP) is 1.48. The van der Waals surface area contributed by atoms with Gasteiger partial charge in [0.25, 0.3) is 0 Å². The minimum Gasteiger partial charge on any atom is -0.464 e. The second-order valence-corrected chi connectivity index (χ2v) is 9.82. The van der Waals surface area contributed by atoms with Gasteiger partial charge in [0.15, 0.2) is 0 Å². The van der Waals surface area contributed by atoms with Gasteiger partial charge in [-0.25, -0.2) is 4.79 Å². The molecule has 88 valence electrons. The highest BCUT2D eigenvalue weighted by Crippen LogP contribution is 2.08. The van der Waals surface area contributed by atoms with Crippen LogP contribution in [0.25, 0.3) is 0 Å². The van der Waals surface area contributed by atoms with Crippen molar-refractivity contribution in [3.63, 3.8) is 0 Å². The summed E-state index contributed by atoms with van der Waals surface area (Å²) in [7, 11) is -0.216. The van der Waals surface area contributed by atoms with Crippen molar-refractivity contribution >= 4 is 25.1 Å². The number of methoxy groups -OCH3 is 1. The number of carbonyl (C=O) groups excluding carboxylic acids is 2. The van der Waals surface area contributed by atoms with E-state index in [-0.39, 0.29) is 5.91 Å². The minimum atomic E-state index is -1.53. The van der Waals surface area contributed by atoms with E-state index in [2.05, 4.69) is 24.4 Å². The lowest BCUT2D eigenvalue weighted by Gasteiger charge is -2.12. The van der Waals surface area contributed by atoms with Crippen molar-refractivity contribution in [3.8, 4) is 0 Å². The van der Waals surface area contributed by atoms with Crippen LogP contribution >= 0.6 is 0 Å². The maximum atomic E-state index is 11.5. The SMILES string of the molecule is COC(=O)c1cc([Si](C)(C)C)cn1C(C)=O. The Bertz CT molecular complexity index is 429. The molecule has 1 aromatic rings. The molecule has 1 rings (SSSR count). The first kappa shape index (κ1) is 12.7. The second-order valence-electron chi connectivity index (χ2n) is 4.74. The molecule has 1 aromatic heterocycles. The summed E-state index contributed by atoms with van der Waals surface area (Å²) in [6, 6.07) is 1.76. The zero-order valence-corrected chi connectivity index (χ0v) is 11.3. The molecule has 0 atom stereocenters. The Kier molecular flexibility index (Phi) is 3.37. The number of rotatable bonds is 2. The van der Waals surface area contributed by atoms with Crippen molar-refractivity contribution in [1.82, 2.24) is 4.57 Å². The van der Waals surface area contributed by atoms with Crippen LogP contribution in [-0.2, 0) is 4.74 Å². The average molecular weight is 239 g/mol. The summed E-state index contributed by atoms with van der Waals surface area (Å²) in [6.07, 6.45) is 1.75. The molecule has 0 bridgehead atoms. The summed E-state index contributed by atoms with van der Waals surface area (Å²) in [5.41, 5.74) is 0.312. The van der Waals surface area contributed by atoms with Crippen molar-refractivity contribution in [2.45, 2.75) is 26.6 Å². The average Bonchev–Trinajstić information content (AvgIpc) is 2.60. The molecule has 0 aromatic carbocycles. The van der Waals surface area contributed by atoms with E-state index >= 15 is 0 Å². The van der Waals surface area contributed by atoms with Crippen molar-refractivity contribution in [3.05, 3.63) is 18.0 Å². The van der Waals surface area contributed by atoms with Gasteiger partial charge in [0.05, 0.1) is 15.2 Å². The van der Waals surface area contributed by atoms with Crippen molar-refractivity contribution in [2.24, 2.45) is 0 Å². The molecule has 0 fully saturated rings. The fraction of sp³-hybridized carbons (Fsp3) is 0.455. The molecule has 0 N–H and O–H groups in total. The van der Waals surface area contributed by atoms with E-state index in [0.29, 0.717) is 5.69 Å². The third kappa shape index (κ3) is 2.41. The van der Waals surface area contributed by atoms with Gasteiger partial charge in [-0.15, -0.1) is 0 Å². The Hall–Kier alpha value is -1.36. The van der Waals surface area contributed by atoms with Gasteiger partial charge in [-0.1, -0.05) is 19.6 Å². The van der Waals surface area contributed by atoms with Gasteiger partial charge >= 0.3 is 5.97 Å². The first-order valence-corrected chi connectivity index (χ1v) is 8.59. The summed E-state index contributed by atoms with van der Waals surface area (Å²) in [6.45, 7) is 7.91. The van der Waals surface area contributed by atoms with Crippen LogP contribution in [0.2, 0.25) is 19.6 Å². The zero-order chi connectivity index (χ0) is 12.5. The number of ether oxygens (including phenoxy) is 1. The van der Waals surface area contributed by atoms with Crippen LogP contribution in [0.5, 0.6) is 0 Å². The number of carbonyl (C=O) groups is 2. The van der Waals surface area contributed by atoms with E-state index in [0.717, 1.165) is 5.19 Å². The molecule has 5 heteroatoms. The number of esters is 1. The monoisotopic (exact) mass is 239 g/mol. The Morgan fingerprint density at radius 2 is 1.88 bits per heavy atom. The lowest BCUT2D eigenvalue weighted by molar-refractivity contribution is 0.0582. The number of nitrogens with zero attached hydrogens (tertiary/aromatic N) is 1. The second kappa shape index (κ2) is 4.25. The Morgan fingerprint density at radius 3 is 2.25 bits per heavy atom. The highest BCUT2D eigenvalue weighted by atomic mass is 28.3. The van der Waals surface area contributed by atoms with Crippen LogP contribution in [0.3, 0.4) is 0 Å². The molecule has 0 amide bonds. The molecule has 1 heterocycles. The molecular formula is C11H17NO3Si. The first-order valence-electron chi connectivity index (χ1n) is 5.09. The van der Waals surface area contributed by atoms with Gasteiger partial charge in [-0.2, -0.15) is 0 Å². The van der Waals surface area contributed by atoms with Crippen molar-refractivity contribution < 1.29 is 14.3 Å². The van der Waals surface area contributed by atoms with Gasteiger partial charge in [0, 0.05) is 13.1 Å². The molecule has 0 unspecified atom stereocenters. The third-order valence-corrected chi connectivity index (χ3v) is 4.43. The third-order valence-electron chi connectivity index (χ3n) is 2.42. The molecule has 0 aliphatic rings.